The van der Waals surface area contributed by atoms with Crippen molar-refractivity contribution in [2.75, 3.05) is 12.4 Å². The molecule has 30 heavy (non-hydrogen) atoms. The van der Waals surface area contributed by atoms with Gasteiger partial charge in [-0.25, -0.2) is 4.79 Å². The monoisotopic (exact) mass is 446 g/mol. The van der Waals surface area contributed by atoms with Crippen LogP contribution in [0.5, 0.6) is 0 Å². The van der Waals surface area contributed by atoms with Gasteiger partial charge < -0.3 is 15.4 Å². The number of ether oxygens (including phenoxy) is 1. The van der Waals surface area contributed by atoms with Crippen molar-refractivity contribution in [2.45, 2.75) is 77.7 Å². The Balaban J connectivity index is 1.32. The van der Waals surface area contributed by atoms with Crippen molar-refractivity contribution < 1.29 is 9.53 Å². The predicted octanol–water partition coefficient (Wildman–Crippen LogP) is 5.55. The first-order chi connectivity index (χ1) is 14.4. The van der Waals surface area contributed by atoms with Crippen LogP contribution in [0.15, 0.2) is 0 Å². The zero-order chi connectivity index (χ0) is 21.0. The third kappa shape index (κ3) is 3.58. The largest absolute Gasteiger partial charge is 0.465 e. The first-order valence-electron chi connectivity index (χ1n) is 11.7. The summed E-state index contributed by atoms with van der Waals surface area (Å²) in [5.74, 6) is 3.20. The zero-order valence-corrected chi connectivity index (χ0v) is 20.0. The Kier molecular flexibility index (Phi) is 5.37. The van der Waals surface area contributed by atoms with Crippen LogP contribution in [0.3, 0.4) is 0 Å². The minimum absolute atomic E-state index is 0.249. The van der Waals surface area contributed by atoms with E-state index in [1.807, 2.05) is 0 Å². The first-order valence-corrected chi connectivity index (χ1v) is 12.9. The maximum atomic E-state index is 12.6. The van der Waals surface area contributed by atoms with Gasteiger partial charge in [0, 0.05) is 10.9 Å². The molecule has 5 aliphatic carbocycles. The summed E-state index contributed by atoms with van der Waals surface area (Å²) in [4.78, 5) is 13.9. The number of hydrogen-bond donors (Lipinski definition) is 2. The Hall–Kier alpha value is -1.14. The summed E-state index contributed by atoms with van der Waals surface area (Å²) in [6, 6.07) is 0.363. The van der Waals surface area contributed by atoms with E-state index >= 15 is 0 Å². The second kappa shape index (κ2) is 7.77. The van der Waals surface area contributed by atoms with Crippen LogP contribution in [-0.4, -0.2) is 24.2 Å². The number of anilines is 1. The van der Waals surface area contributed by atoms with Crippen LogP contribution >= 0.6 is 23.6 Å². The molecule has 1 aromatic heterocycles. The van der Waals surface area contributed by atoms with E-state index < -0.39 is 0 Å². The van der Waals surface area contributed by atoms with Crippen molar-refractivity contribution in [3.63, 3.8) is 0 Å². The van der Waals surface area contributed by atoms with Gasteiger partial charge in [0.1, 0.15) is 5.00 Å². The summed E-state index contributed by atoms with van der Waals surface area (Å²) >= 11 is 7.43. The molecule has 1 heterocycles. The first kappa shape index (κ1) is 20.7. The highest BCUT2D eigenvalue weighted by atomic mass is 32.1. The molecule has 4 nitrogen and oxygen atoms in total. The third-order valence-corrected chi connectivity index (χ3v) is 9.87. The number of carbonyl (C=O) groups excluding carboxylic acids is 1. The van der Waals surface area contributed by atoms with Crippen LogP contribution in [0.1, 0.15) is 79.6 Å². The number of nitrogens with one attached hydrogen (secondary N) is 2. The van der Waals surface area contributed by atoms with E-state index in [4.69, 9.17) is 17.0 Å². The highest BCUT2D eigenvalue weighted by Gasteiger charge is 2.53. The SMILES string of the molecule is COC(=O)c1c(NC(=S)NC(C)C23CC4CC(CC(C4)C2)C3)sc2c1CCC(C)C2. The molecule has 6 rings (SSSR count). The quantitative estimate of drug-likeness (QED) is 0.469. The maximum absolute atomic E-state index is 12.6. The molecule has 0 spiro atoms. The normalized spacial score (nSPS) is 34.9. The molecule has 5 aliphatic rings. The van der Waals surface area contributed by atoms with E-state index in [1.165, 1.54) is 56.1 Å². The van der Waals surface area contributed by atoms with Crippen LogP contribution in [0.25, 0.3) is 0 Å². The van der Waals surface area contributed by atoms with Gasteiger partial charge in [0.25, 0.3) is 0 Å². The average molecular weight is 447 g/mol. The van der Waals surface area contributed by atoms with Crippen LogP contribution in [0.4, 0.5) is 5.00 Å². The molecule has 4 bridgehead atoms. The number of rotatable bonds is 4. The molecular formula is C24H34N2O2S2. The Bertz CT molecular complexity index is 826. The van der Waals surface area contributed by atoms with Gasteiger partial charge in [-0.2, -0.15) is 0 Å². The molecule has 0 amide bonds. The lowest BCUT2D eigenvalue weighted by Crippen LogP contribution is -2.56. The fourth-order valence-electron chi connectivity index (χ4n) is 7.35. The summed E-state index contributed by atoms with van der Waals surface area (Å²) in [5.41, 5.74) is 2.27. The minimum atomic E-state index is -0.249. The van der Waals surface area contributed by atoms with Crippen molar-refractivity contribution >= 4 is 39.6 Å². The summed E-state index contributed by atoms with van der Waals surface area (Å²) in [6.07, 6.45) is 11.5. The van der Waals surface area contributed by atoms with E-state index in [-0.39, 0.29) is 5.97 Å². The molecule has 2 atom stereocenters. The number of thiocarbonyl (C=S) groups is 1. The molecular weight excluding hydrogens is 412 g/mol. The molecule has 2 unspecified atom stereocenters. The van der Waals surface area contributed by atoms with Crippen LogP contribution < -0.4 is 10.6 Å². The van der Waals surface area contributed by atoms with Gasteiger partial charge in [-0.3, -0.25) is 0 Å². The molecule has 4 saturated carbocycles. The van der Waals surface area contributed by atoms with E-state index in [2.05, 4.69) is 24.5 Å². The summed E-state index contributed by atoms with van der Waals surface area (Å²) in [7, 11) is 1.47. The number of hydrogen-bond acceptors (Lipinski definition) is 4. The topological polar surface area (TPSA) is 50.4 Å². The molecule has 4 fully saturated rings. The smallest absolute Gasteiger partial charge is 0.341 e. The number of carbonyl (C=O) groups is 1. The van der Waals surface area contributed by atoms with E-state index in [0.29, 0.717) is 28.1 Å². The molecule has 164 valence electrons. The number of methoxy groups -OCH3 is 1. The van der Waals surface area contributed by atoms with Gasteiger partial charge in [0.2, 0.25) is 0 Å². The van der Waals surface area contributed by atoms with Gasteiger partial charge in [-0.1, -0.05) is 6.92 Å². The van der Waals surface area contributed by atoms with Gasteiger partial charge in [-0.15, -0.1) is 11.3 Å². The molecule has 2 N–H and O–H groups in total. The van der Waals surface area contributed by atoms with Gasteiger partial charge >= 0.3 is 5.97 Å². The summed E-state index contributed by atoms with van der Waals surface area (Å²) in [6.45, 7) is 4.61. The maximum Gasteiger partial charge on any atom is 0.341 e. The second-order valence-corrected chi connectivity index (χ2v) is 12.2. The Labute approximate surface area is 189 Å². The van der Waals surface area contributed by atoms with Gasteiger partial charge in [0.15, 0.2) is 5.11 Å². The van der Waals surface area contributed by atoms with Crippen molar-refractivity contribution in [3.8, 4) is 0 Å². The molecule has 1 aromatic rings. The average Bonchev–Trinajstić information content (AvgIpc) is 3.02. The fourth-order valence-corrected chi connectivity index (χ4v) is 9.10. The van der Waals surface area contributed by atoms with Crippen LogP contribution in [0, 0.1) is 29.1 Å². The third-order valence-electron chi connectivity index (χ3n) is 8.48. The highest BCUT2D eigenvalue weighted by molar-refractivity contribution is 7.80. The lowest BCUT2D eigenvalue weighted by Gasteiger charge is -2.59. The molecule has 0 saturated heterocycles. The van der Waals surface area contributed by atoms with E-state index in [9.17, 15) is 4.79 Å². The fraction of sp³-hybridized carbons (Fsp3) is 0.750. The Morgan fingerprint density at radius 1 is 1.20 bits per heavy atom. The molecule has 0 radical (unpaired) electrons. The van der Waals surface area contributed by atoms with Crippen molar-refractivity contribution in [3.05, 3.63) is 16.0 Å². The molecule has 6 heteroatoms. The second-order valence-electron chi connectivity index (χ2n) is 10.6. The van der Waals surface area contributed by atoms with Gasteiger partial charge in [0.05, 0.1) is 12.7 Å². The number of fused-ring (bicyclic) bond motifs is 1. The Morgan fingerprint density at radius 3 is 2.43 bits per heavy atom. The molecule has 0 aliphatic heterocycles. The standard InChI is InChI=1S/C24H34N2O2S2/c1-13-4-5-18-19(6-13)30-21(20(18)22(27)28-3)26-23(29)25-14(2)24-10-15-7-16(11-24)9-17(8-15)12-24/h13-17H,4-12H2,1-3H3,(H2,25,26,29). The lowest BCUT2D eigenvalue weighted by atomic mass is 9.48. The van der Waals surface area contributed by atoms with Gasteiger partial charge in [-0.05, 0) is 112 Å². The summed E-state index contributed by atoms with van der Waals surface area (Å²) < 4.78 is 5.12. The minimum Gasteiger partial charge on any atom is -0.465 e. The van der Waals surface area contributed by atoms with E-state index in [1.54, 1.807) is 11.3 Å². The lowest BCUT2D eigenvalue weighted by molar-refractivity contribution is -0.0671. The zero-order valence-electron chi connectivity index (χ0n) is 18.4. The number of thiophene rings is 1. The van der Waals surface area contributed by atoms with Crippen molar-refractivity contribution in [2.24, 2.45) is 29.1 Å². The van der Waals surface area contributed by atoms with Crippen molar-refractivity contribution in [1.82, 2.24) is 5.32 Å². The summed E-state index contributed by atoms with van der Waals surface area (Å²) in [5, 5.41) is 8.54. The number of esters is 1. The van der Waals surface area contributed by atoms with Crippen LogP contribution in [0.2, 0.25) is 0 Å². The van der Waals surface area contributed by atoms with Crippen molar-refractivity contribution in [1.29, 1.82) is 0 Å². The predicted molar refractivity (Wildman–Crippen MR) is 126 cm³/mol. The van der Waals surface area contributed by atoms with E-state index in [0.717, 1.165) is 42.0 Å². The van der Waals surface area contributed by atoms with Crippen LogP contribution in [-0.2, 0) is 17.6 Å². The highest BCUT2D eigenvalue weighted by Crippen LogP contribution is 2.61. The Morgan fingerprint density at radius 2 is 1.83 bits per heavy atom. The molecule has 0 aromatic carbocycles.